The fourth-order valence-electron chi connectivity index (χ4n) is 0.561. The fraction of sp³-hybridized carbons (Fsp3) is 0.857. The van der Waals surface area contributed by atoms with E-state index in [1.165, 1.54) is 0 Å². The lowest BCUT2D eigenvalue weighted by atomic mass is 10.3. The number of unbranched alkanes of at least 4 members (excludes halogenated alkanes) is 2. The molecule has 0 aliphatic rings. The van der Waals surface area contributed by atoms with Gasteiger partial charge in [0.15, 0.2) is 0 Å². The molecule has 0 saturated heterocycles. The average Bonchev–Trinajstić information content (AvgIpc) is 1.96. The van der Waals surface area contributed by atoms with Crippen molar-refractivity contribution in [3.8, 4) is 0 Å². The van der Waals surface area contributed by atoms with E-state index in [0.717, 1.165) is 0 Å². The third kappa shape index (κ3) is 4.69. The van der Waals surface area contributed by atoms with Crippen molar-refractivity contribution in [2.45, 2.75) is 30.7 Å². The first-order valence-corrected chi connectivity index (χ1v) is 4.67. The Balaban J connectivity index is 3.77. The Morgan fingerprint density at radius 3 is 1.92 bits per heavy atom. The molecular weight excluding hydrogens is 211 g/mol. The molecule has 0 rings (SSSR count). The summed E-state index contributed by atoms with van der Waals surface area (Å²) in [5.74, 6) is -0.192. The lowest BCUT2D eigenvalue weighted by molar-refractivity contribution is -0.237. The Morgan fingerprint density at radius 2 is 1.54 bits per heavy atom. The van der Waals surface area contributed by atoms with E-state index in [0.29, 0.717) is 19.3 Å². The Hall–Kier alpha value is -0.0000000000000000555. The molecule has 0 aliphatic carbocycles. The van der Waals surface area contributed by atoms with Gasteiger partial charge >= 0.3 is 11.4 Å². The van der Waals surface area contributed by atoms with Crippen molar-refractivity contribution >= 4 is 11.8 Å². The molecule has 0 spiro atoms. The van der Waals surface area contributed by atoms with Gasteiger partial charge in [0, 0.05) is 0 Å². The molecule has 13 heavy (non-hydrogen) atoms. The number of alkyl halides is 5. The molecule has 0 atom stereocenters. The van der Waals surface area contributed by atoms with Crippen LogP contribution in [0, 0.1) is 6.92 Å². The Morgan fingerprint density at radius 1 is 1.00 bits per heavy atom. The second-order valence-electron chi connectivity index (χ2n) is 2.42. The van der Waals surface area contributed by atoms with E-state index in [2.05, 4.69) is 6.92 Å². The largest absolute Gasteiger partial charge is 0.464 e. The number of hydrogen-bond donors (Lipinski definition) is 0. The minimum absolute atomic E-state index is 0.192. The van der Waals surface area contributed by atoms with Gasteiger partial charge < -0.3 is 0 Å². The van der Waals surface area contributed by atoms with E-state index in [1.807, 2.05) is 0 Å². The summed E-state index contributed by atoms with van der Waals surface area (Å²) in [4.78, 5) is 0. The van der Waals surface area contributed by atoms with Crippen LogP contribution < -0.4 is 0 Å². The summed E-state index contributed by atoms with van der Waals surface area (Å²) in [5, 5.41) is -4.62. The minimum atomic E-state index is -5.44. The highest BCUT2D eigenvalue weighted by Crippen LogP contribution is 2.44. The van der Waals surface area contributed by atoms with E-state index in [1.54, 1.807) is 0 Å². The molecule has 0 aromatic heterocycles. The first-order chi connectivity index (χ1) is 5.81. The Kier molecular flexibility index (Phi) is 5.02. The smallest absolute Gasteiger partial charge is 0.184 e. The highest BCUT2D eigenvalue weighted by Gasteiger charge is 2.57. The van der Waals surface area contributed by atoms with Crippen molar-refractivity contribution in [3.05, 3.63) is 6.92 Å². The monoisotopic (exact) mass is 221 g/mol. The summed E-state index contributed by atoms with van der Waals surface area (Å²) in [5.41, 5.74) is 0. The lowest BCUT2D eigenvalue weighted by Crippen LogP contribution is -2.33. The summed E-state index contributed by atoms with van der Waals surface area (Å²) in [6.45, 7) is 3.45. The molecule has 0 unspecified atom stereocenters. The van der Waals surface area contributed by atoms with Crippen molar-refractivity contribution in [2.75, 3.05) is 5.75 Å². The second kappa shape index (κ2) is 5.02. The van der Waals surface area contributed by atoms with Crippen molar-refractivity contribution in [1.82, 2.24) is 0 Å². The zero-order valence-corrected chi connectivity index (χ0v) is 7.65. The summed E-state index contributed by atoms with van der Waals surface area (Å²) >= 11 is -0.361. The van der Waals surface area contributed by atoms with Gasteiger partial charge in [0.25, 0.3) is 0 Å². The topological polar surface area (TPSA) is 0 Å². The molecule has 0 aliphatic heterocycles. The van der Waals surface area contributed by atoms with Crippen LogP contribution in [0.3, 0.4) is 0 Å². The van der Waals surface area contributed by atoms with Gasteiger partial charge in [-0.2, -0.15) is 22.0 Å². The summed E-state index contributed by atoms with van der Waals surface area (Å²) < 4.78 is 59.0. The number of rotatable bonds is 5. The zero-order valence-electron chi connectivity index (χ0n) is 6.83. The molecule has 6 heteroatoms. The van der Waals surface area contributed by atoms with Crippen LogP contribution in [-0.4, -0.2) is 17.2 Å². The molecule has 79 valence electrons. The molecule has 0 aromatic rings. The summed E-state index contributed by atoms with van der Waals surface area (Å²) in [7, 11) is 0. The van der Waals surface area contributed by atoms with Gasteiger partial charge in [0.05, 0.1) is 0 Å². The van der Waals surface area contributed by atoms with Crippen LogP contribution in [0.5, 0.6) is 0 Å². The minimum Gasteiger partial charge on any atom is -0.184 e. The molecule has 1 radical (unpaired) electrons. The SMILES string of the molecule is [CH2]CCCCSC(F)(F)C(F)(F)F. The van der Waals surface area contributed by atoms with E-state index < -0.39 is 11.4 Å². The van der Waals surface area contributed by atoms with Crippen LogP contribution in [0.25, 0.3) is 0 Å². The predicted octanol–water partition coefficient (Wildman–Crippen LogP) is 3.88. The Labute approximate surface area is 77.9 Å². The second-order valence-corrected chi connectivity index (χ2v) is 3.63. The first-order valence-electron chi connectivity index (χ1n) is 3.69. The predicted molar refractivity (Wildman–Crippen MR) is 42.7 cm³/mol. The lowest BCUT2D eigenvalue weighted by Gasteiger charge is -2.18. The van der Waals surface area contributed by atoms with Gasteiger partial charge in [0.1, 0.15) is 0 Å². The quantitative estimate of drug-likeness (QED) is 0.501. The first kappa shape index (κ1) is 13.0. The van der Waals surface area contributed by atoms with E-state index in [9.17, 15) is 22.0 Å². The molecule has 0 amide bonds. The standard InChI is InChI=1S/C7H10F5S/c1-2-3-4-5-13-7(11,12)6(8,9)10/h1-5H2. The van der Waals surface area contributed by atoms with Crippen LogP contribution in [0.15, 0.2) is 0 Å². The fourth-order valence-corrected chi connectivity index (χ4v) is 1.33. The third-order valence-electron chi connectivity index (χ3n) is 1.26. The molecule has 0 bridgehead atoms. The summed E-state index contributed by atoms with van der Waals surface area (Å²) in [6.07, 6.45) is -3.99. The van der Waals surface area contributed by atoms with Gasteiger partial charge in [0.2, 0.25) is 0 Å². The molecule has 0 N–H and O–H groups in total. The number of thioether (sulfide) groups is 1. The molecule has 0 fully saturated rings. The average molecular weight is 221 g/mol. The molecular formula is C7H10F5S. The number of halogens is 5. The maximum Gasteiger partial charge on any atom is 0.464 e. The van der Waals surface area contributed by atoms with Gasteiger partial charge in [-0.05, 0) is 12.2 Å². The Bertz CT molecular complexity index is 142. The number of hydrogen-bond acceptors (Lipinski definition) is 1. The molecule has 0 heterocycles. The maximum atomic E-state index is 12.2. The molecule has 0 nitrogen and oxygen atoms in total. The van der Waals surface area contributed by atoms with E-state index in [-0.39, 0.29) is 17.5 Å². The molecule has 0 aromatic carbocycles. The van der Waals surface area contributed by atoms with Crippen LogP contribution in [0.4, 0.5) is 22.0 Å². The van der Waals surface area contributed by atoms with Gasteiger partial charge in [-0.1, -0.05) is 31.5 Å². The highest BCUT2D eigenvalue weighted by atomic mass is 32.2. The van der Waals surface area contributed by atoms with Gasteiger partial charge in [-0.25, -0.2) is 0 Å². The van der Waals surface area contributed by atoms with Crippen molar-refractivity contribution in [3.63, 3.8) is 0 Å². The van der Waals surface area contributed by atoms with Crippen LogP contribution in [0.2, 0.25) is 0 Å². The van der Waals surface area contributed by atoms with Crippen LogP contribution >= 0.6 is 11.8 Å². The van der Waals surface area contributed by atoms with E-state index in [4.69, 9.17) is 0 Å². The van der Waals surface area contributed by atoms with Crippen LogP contribution in [0.1, 0.15) is 19.3 Å². The maximum absolute atomic E-state index is 12.2. The van der Waals surface area contributed by atoms with Crippen molar-refractivity contribution in [2.24, 2.45) is 0 Å². The van der Waals surface area contributed by atoms with E-state index >= 15 is 0 Å². The van der Waals surface area contributed by atoms with Gasteiger partial charge in [-0.15, -0.1) is 0 Å². The normalized spacial score (nSPS) is 13.4. The third-order valence-corrected chi connectivity index (χ3v) is 2.34. The molecule has 0 saturated carbocycles. The zero-order chi connectivity index (χ0) is 10.5. The van der Waals surface area contributed by atoms with Crippen molar-refractivity contribution < 1.29 is 22.0 Å². The van der Waals surface area contributed by atoms with Gasteiger partial charge in [-0.3, -0.25) is 0 Å². The van der Waals surface area contributed by atoms with Crippen LogP contribution in [-0.2, 0) is 0 Å². The summed E-state index contributed by atoms with van der Waals surface area (Å²) in [6, 6.07) is 0. The van der Waals surface area contributed by atoms with Crippen molar-refractivity contribution in [1.29, 1.82) is 0 Å². The highest BCUT2D eigenvalue weighted by molar-refractivity contribution is 8.00.